The number of nitrogens with one attached hydrogen (secondary N) is 2. The lowest BCUT2D eigenvalue weighted by Crippen LogP contribution is -2.29. The van der Waals surface area contributed by atoms with Gasteiger partial charge < -0.3 is 19.8 Å². The molecule has 27 heavy (non-hydrogen) atoms. The molecule has 0 aliphatic rings. The molecular weight excluding hydrogens is 344 g/mol. The number of alkyl carbamates (subject to hydrolysis) is 1. The summed E-state index contributed by atoms with van der Waals surface area (Å²) in [5, 5.41) is 3.83. The average molecular weight is 374 g/mol. The maximum Gasteiger partial charge on any atom is 0.407 e. The third-order valence-corrected chi connectivity index (χ3v) is 3.87. The van der Waals surface area contributed by atoms with E-state index in [-0.39, 0.29) is 23.9 Å². The van der Waals surface area contributed by atoms with Crippen molar-refractivity contribution in [3.63, 3.8) is 0 Å². The van der Waals surface area contributed by atoms with Crippen molar-refractivity contribution < 1.29 is 19.1 Å². The van der Waals surface area contributed by atoms with Crippen molar-refractivity contribution >= 4 is 23.0 Å². The largest absolute Gasteiger partial charge is 0.463 e. The van der Waals surface area contributed by atoms with Gasteiger partial charge in [-0.05, 0) is 37.3 Å². The third kappa shape index (κ3) is 6.62. The fourth-order valence-electron chi connectivity index (χ4n) is 2.76. The third-order valence-electron chi connectivity index (χ3n) is 3.87. The molecule has 2 rings (SSSR count). The molecule has 1 heterocycles. The number of carbonyl (C=O) groups is 2. The molecule has 0 unspecified atom stereocenters. The Morgan fingerprint density at radius 2 is 1.89 bits per heavy atom. The fourth-order valence-corrected chi connectivity index (χ4v) is 2.76. The number of carbonyl (C=O) groups excluding carboxylic acids is 2. The lowest BCUT2D eigenvalue weighted by atomic mass is 9.99. The summed E-state index contributed by atoms with van der Waals surface area (Å²) in [6.07, 6.45) is 0.199. The van der Waals surface area contributed by atoms with Gasteiger partial charge in [-0.3, -0.25) is 4.79 Å². The molecule has 0 spiro atoms. The first kappa shape index (κ1) is 20.8. The van der Waals surface area contributed by atoms with Gasteiger partial charge in [-0.2, -0.15) is 0 Å². The van der Waals surface area contributed by atoms with Gasteiger partial charge in [0.25, 0.3) is 0 Å². The van der Waals surface area contributed by atoms with Crippen LogP contribution in [0.4, 0.5) is 4.79 Å². The number of para-hydroxylation sites is 1. The molecule has 6 nitrogen and oxygen atoms in total. The molecule has 0 aliphatic heterocycles. The van der Waals surface area contributed by atoms with Gasteiger partial charge in [-0.15, -0.1) is 0 Å². The van der Waals surface area contributed by atoms with Crippen LogP contribution in [0.15, 0.2) is 24.3 Å². The average Bonchev–Trinajstić information content (AvgIpc) is 2.89. The molecule has 0 radical (unpaired) electrons. The van der Waals surface area contributed by atoms with Crippen molar-refractivity contribution in [1.29, 1.82) is 0 Å². The number of rotatable bonds is 7. The van der Waals surface area contributed by atoms with Gasteiger partial charge in [0, 0.05) is 23.1 Å². The minimum Gasteiger partial charge on any atom is -0.463 e. The summed E-state index contributed by atoms with van der Waals surface area (Å²) in [7, 11) is 0. The van der Waals surface area contributed by atoms with Crippen molar-refractivity contribution in [2.24, 2.45) is 5.41 Å². The first-order valence-electron chi connectivity index (χ1n) is 9.34. The summed E-state index contributed by atoms with van der Waals surface area (Å²) in [5.41, 5.74) is 2.74. The molecule has 0 aliphatic carbocycles. The minimum atomic E-state index is -0.425. The molecule has 0 atom stereocenters. The number of aromatic nitrogens is 1. The van der Waals surface area contributed by atoms with E-state index in [2.05, 4.69) is 10.3 Å². The molecule has 2 N–H and O–H groups in total. The van der Waals surface area contributed by atoms with Crippen molar-refractivity contribution in [2.45, 2.75) is 53.6 Å². The van der Waals surface area contributed by atoms with Crippen LogP contribution in [0.2, 0.25) is 0 Å². The van der Waals surface area contributed by atoms with E-state index in [1.54, 1.807) is 0 Å². The van der Waals surface area contributed by atoms with E-state index in [1.807, 2.05) is 58.9 Å². The number of aromatic amines is 1. The molecule has 0 saturated heterocycles. The molecule has 6 heteroatoms. The number of ether oxygens (including phenoxy) is 2. The maximum absolute atomic E-state index is 12.1. The zero-order valence-corrected chi connectivity index (χ0v) is 16.8. The van der Waals surface area contributed by atoms with Crippen LogP contribution in [0.5, 0.6) is 0 Å². The van der Waals surface area contributed by atoms with Gasteiger partial charge in [0.15, 0.2) is 0 Å². The van der Waals surface area contributed by atoms with E-state index < -0.39 is 6.09 Å². The lowest BCUT2D eigenvalue weighted by molar-refractivity contribution is -0.146. The van der Waals surface area contributed by atoms with E-state index in [9.17, 15) is 9.59 Å². The Kier molecular flexibility index (Phi) is 6.88. The Hall–Kier alpha value is -2.50. The smallest absolute Gasteiger partial charge is 0.407 e. The van der Waals surface area contributed by atoms with Gasteiger partial charge in [0.1, 0.15) is 0 Å². The lowest BCUT2D eigenvalue weighted by Gasteiger charge is -2.18. The maximum atomic E-state index is 12.1. The highest BCUT2D eigenvalue weighted by atomic mass is 16.5. The van der Waals surface area contributed by atoms with Crippen LogP contribution in [0.3, 0.4) is 0 Å². The van der Waals surface area contributed by atoms with Crippen LogP contribution in [0.1, 0.15) is 45.9 Å². The number of H-pyrrole nitrogens is 1. The Bertz CT molecular complexity index is 787. The minimum absolute atomic E-state index is 0.0713. The van der Waals surface area contributed by atoms with E-state index >= 15 is 0 Å². The van der Waals surface area contributed by atoms with Crippen LogP contribution >= 0.6 is 0 Å². The summed E-state index contributed by atoms with van der Waals surface area (Å²) in [6.45, 7) is 10.5. The normalized spacial score (nSPS) is 11.6. The van der Waals surface area contributed by atoms with Crippen molar-refractivity contribution in [1.82, 2.24) is 10.3 Å². The summed E-state index contributed by atoms with van der Waals surface area (Å²) < 4.78 is 10.5. The van der Waals surface area contributed by atoms with Crippen LogP contribution in [-0.2, 0) is 27.1 Å². The quantitative estimate of drug-likeness (QED) is 0.719. The van der Waals surface area contributed by atoms with Crippen molar-refractivity contribution in [2.75, 3.05) is 13.2 Å². The van der Waals surface area contributed by atoms with Gasteiger partial charge in [-0.1, -0.05) is 39.0 Å². The number of esters is 1. The molecule has 0 bridgehead atoms. The molecular formula is C21H30N2O4. The predicted molar refractivity (Wildman–Crippen MR) is 106 cm³/mol. The molecule has 1 aromatic carbocycles. The molecule has 0 fully saturated rings. The highest BCUT2D eigenvalue weighted by Crippen LogP contribution is 2.23. The van der Waals surface area contributed by atoms with Crippen LogP contribution in [-0.4, -0.2) is 36.3 Å². The van der Waals surface area contributed by atoms with E-state index in [0.29, 0.717) is 19.6 Å². The Labute approximate surface area is 160 Å². The second kappa shape index (κ2) is 8.93. The number of benzene rings is 1. The summed E-state index contributed by atoms with van der Waals surface area (Å²) in [4.78, 5) is 27.2. The van der Waals surface area contributed by atoms with E-state index in [1.165, 1.54) is 0 Å². The van der Waals surface area contributed by atoms with Crippen molar-refractivity contribution in [3.05, 3.63) is 35.5 Å². The Morgan fingerprint density at radius 3 is 2.56 bits per heavy atom. The monoisotopic (exact) mass is 374 g/mol. The molecule has 148 valence electrons. The van der Waals surface area contributed by atoms with Gasteiger partial charge in [0.05, 0.1) is 19.1 Å². The van der Waals surface area contributed by atoms with E-state index in [0.717, 1.165) is 22.2 Å². The number of fused-ring (bicyclic) bond motifs is 1. The summed E-state index contributed by atoms with van der Waals surface area (Å²) >= 11 is 0. The van der Waals surface area contributed by atoms with Crippen molar-refractivity contribution in [3.8, 4) is 0 Å². The molecule has 0 saturated carbocycles. The second-order valence-electron chi connectivity index (χ2n) is 8.16. The Balaban J connectivity index is 2.04. The van der Waals surface area contributed by atoms with Crippen LogP contribution in [0.25, 0.3) is 10.9 Å². The highest BCUT2D eigenvalue weighted by Gasteiger charge is 2.17. The standard InChI is InChI=1S/C21H30N2O4/c1-14(2)27-19(24)12-18-16(15-8-6-7-9-17(15)23-18)10-11-22-20(25)26-13-21(3,4)5/h6-9,14,23H,10-13H2,1-5H3,(H,22,25). The number of hydrogen-bond acceptors (Lipinski definition) is 4. The number of hydrogen-bond donors (Lipinski definition) is 2. The highest BCUT2D eigenvalue weighted by molar-refractivity contribution is 5.86. The zero-order chi connectivity index (χ0) is 20.0. The zero-order valence-electron chi connectivity index (χ0n) is 16.8. The van der Waals surface area contributed by atoms with Gasteiger partial charge in [0.2, 0.25) is 0 Å². The van der Waals surface area contributed by atoms with Crippen LogP contribution in [0, 0.1) is 5.41 Å². The predicted octanol–water partition coefficient (Wildman–Crippen LogP) is 3.98. The molecule has 2 aromatic rings. The molecule has 1 aromatic heterocycles. The number of amides is 1. The Morgan fingerprint density at radius 1 is 1.19 bits per heavy atom. The van der Waals surface area contributed by atoms with Crippen LogP contribution < -0.4 is 5.32 Å². The summed E-state index contributed by atoms with van der Waals surface area (Å²) in [6, 6.07) is 7.89. The first-order valence-corrected chi connectivity index (χ1v) is 9.34. The first-order chi connectivity index (χ1) is 12.7. The topological polar surface area (TPSA) is 80.4 Å². The van der Waals surface area contributed by atoms with Gasteiger partial charge in [-0.25, -0.2) is 4.79 Å². The summed E-state index contributed by atoms with van der Waals surface area (Å²) in [5.74, 6) is -0.268. The fraction of sp³-hybridized carbons (Fsp3) is 0.524. The van der Waals surface area contributed by atoms with E-state index in [4.69, 9.17) is 9.47 Å². The van der Waals surface area contributed by atoms with Gasteiger partial charge >= 0.3 is 12.1 Å². The SMILES string of the molecule is CC(C)OC(=O)Cc1[nH]c2ccccc2c1CCNC(=O)OCC(C)(C)C. The second-order valence-corrected chi connectivity index (χ2v) is 8.16. The molecule has 1 amide bonds.